The number of rotatable bonds is 9. The molecule has 300 valence electrons. The van der Waals surface area contributed by atoms with Crippen molar-refractivity contribution in [1.82, 2.24) is 4.90 Å². The lowest BCUT2D eigenvalue weighted by atomic mass is 9.75. The average Bonchev–Trinajstić information content (AvgIpc) is 3.03. The third-order valence-electron chi connectivity index (χ3n) is 11.8. The molecule has 0 amide bonds. The molecule has 3 aliphatic heterocycles. The normalized spacial score (nSPS) is 48.2. The summed E-state index contributed by atoms with van der Waals surface area (Å²) in [4.78, 5) is 16.0. The first-order valence-electron chi connectivity index (χ1n) is 19.1. The number of nitrogens with zero attached hydrogens (tertiary/aromatic N) is 1. The molecule has 0 spiro atoms. The summed E-state index contributed by atoms with van der Waals surface area (Å²) in [6.07, 6.45) is -5.29. The van der Waals surface area contributed by atoms with Crippen molar-refractivity contribution in [2.75, 3.05) is 27.3 Å². The molecule has 13 nitrogen and oxygen atoms in total. The Hall–Kier alpha value is -0.970. The summed E-state index contributed by atoms with van der Waals surface area (Å²) in [5.74, 6) is -2.17. The Morgan fingerprint density at radius 3 is 2.08 bits per heavy atom. The van der Waals surface area contributed by atoms with E-state index in [1.54, 1.807) is 34.6 Å². The van der Waals surface area contributed by atoms with E-state index >= 15 is 0 Å². The van der Waals surface area contributed by atoms with E-state index in [4.69, 9.17) is 28.4 Å². The van der Waals surface area contributed by atoms with Gasteiger partial charge in [-0.25, -0.2) is 0 Å². The second-order valence-electron chi connectivity index (χ2n) is 17.0. The Morgan fingerprint density at radius 1 is 0.902 bits per heavy atom. The van der Waals surface area contributed by atoms with Gasteiger partial charge in [0.1, 0.15) is 18.3 Å². The first kappa shape index (κ1) is 44.4. The van der Waals surface area contributed by atoms with Crippen LogP contribution in [0.2, 0.25) is 0 Å². The minimum absolute atomic E-state index is 0.00237. The highest BCUT2D eigenvalue weighted by Gasteiger charge is 2.52. The molecular formula is C38H71NO12. The molecule has 3 saturated heterocycles. The number of hydrogen-bond donors (Lipinski definition) is 5. The zero-order valence-electron chi connectivity index (χ0n) is 33.3. The van der Waals surface area contributed by atoms with Gasteiger partial charge >= 0.3 is 5.97 Å². The van der Waals surface area contributed by atoms with E-state index in [0.29, 0.717) is 38.6 Å². The predicted octanol–water partition coefficient (Wildman–Crippen LogP) is 3.00. The molecular weight excluding hydrogens is 662 g/mol. The summed E-state index contributed by atoms with van der Waals surface area (Å²) < 4.78 is 37.6. The lowest BCUT2D eigenvalue weighted by molar-refractivity contribution is -0.318. The number of hydrogen-bond acceptors (Lipinski definition) is 13. The SMILES string of the molecule is CC[C@H]1OC(=O)[C@H](C)[C@@H](O[C@H]2C[C@@](C)(OC)[C@@H](O)[C@H](C)O2)[C@H](C)[C@@H](O[C@@H]2O[C@H](C)C[C@H](N(C)CCO)[C@H]2O)[C@](C)(O)C[C@@H](C)C[C@H](C)C[C@]1(C)O. The molecule has 0 aromatic heterocycles. The predicted molar refractivity (Wildman–Crippen MR) is 191 cm³/mol. The molecule has 0 radical (unpaired) electrons. The summed E-state index contributed by atoms with van der Waals surface area (Å²) in [6, 6.07) is -0.376. The van der Waals surface area contributed by atoms with Crippen molar-refractivity contribution in [3.8, 4) is 0 Å². The largest absolute Gasteiger partial charge is 0.459 e. The van der Waals surface area contributed by atoms with Crippen LogP contribution in [0, 0.1) is 23.7 Å². The van der Waals surface area contributed by atoms with Crippen molar-refractivity contribution in [2.45, 2.75) is 186 Å². The number of ether oxygens (including phenoxy) is 6. The van der Waals surface area contributed by atoms with Crippen LogP contribution in [0.3, 0.4) is 0 Å². The van der Waals surface area contributed by atoms with Gasteiger partial charge in [0, 0.05) is 32.0 Å². The maximum Gasteiger partial charge on any atom is 0.311 e. The van der Waals surface area contributed by atoms with Crippen LogP contribution in [0.25, 0.3) is 0 Å². The molecule has 0 bridgehead atoms. The van der Waals surface area contributed by atoms with E-state index in [0.717, 1.165) is 0 Å². The first-order chi connectivity index (χ1) is 23.6. The van der Waals surface area contributed by atoms with Gasteiger partial charge in [-0.1, -0.05) is 27.7 Å². The average molecular weight is 734 g/mol. The summed E-state index contributed by atoms with van der Waals surface area (Å²) in [5, 5.41) is 56.2. The zero-order valence-corrected chi connectivity index (χ0v) is 33.3. The number of aliphatic hydroxyl groups excluding tert-OH is 3. The highest BCUT2D eigenvalue weighted by molar-refractivity contribution is 5.73. The Morgan fingerprint density at radius 2 is 1.51 bits per heavy atom. The highest BCUT2D eigenvalue weighted by Crippen LogP contribution is 2.41. The van der Waals surface area contributed by atoms with E-state index in [1.165, 1.54) is 7.11 Å². The van der Waals surface area contributed by atoms with Gasteiger partial charge < -0.3 is 54.0 Å². The molecule has 3 rings (SSSR count). The molecule has 3 fully saturated rings. The minimum atomic E-state index is -1.50. The molecule has 13 heteroatoms. The fraction of sp³-hybridized carbons (Fsp3) is 0.974. The number of methoxy groups -OCH3 is 1. The molecule has 5 N–H and O–H groups in total. The molecule has 0 saturated carbocycles. The van der Waals surface area contributed by atoms with Crippen LogP contribution in [-0.4, -0.2) is 142 Å². The Bertz CT molecular complexity index is 1090. The van der Waals surface area contributed by atoms with Gasteiger partial charge in [0.05, 0.1) is 53.7 Å². The summed E-state index contributed by atoms with van der Waals surface area (Å²) in [7, 11) is 3.35. The van der Waals surface area contributed by atoms with Crippen molar-refractivity contribution in [2.24, 2.45) is 23.7 Å². The van der Waals surface area contributed by atoms with Crippen molar-refractivity contribution >= 4 is 5.97 Å². The lowest BCUT2D eigenvalue weighted by Crippen LogP contribution is -2.61. The second-order valence-corrected chi connectivity index (χ2v) is 17.0. The fourth-order valence-electron chi connectivity index (χ4n) is 9.07. The van der Waals surface area contributed by atoms with Crippen molar-refractivity contribution in [1.29, 1.82) is 0 Å². The lowest BCUT2D eigenvalue weighted by Gasteiger charge is -2.49. The van der Waals surface area contributed by atoms with E-state index in [9.17, 15) is 30.3 Å². The van der Waals surface area contributed by atoms with Crippen LogP contribution < -0.4 is 0 Å². The van der Waals surface area contributed by atoms with Crippen LogP contribution in [0.1, 0.15) is 108 Å². The minimum Gasteiger partial charge on any atom is -0.459 e. The highest BCUT2D eigenvalue weighted by atomic mass is 16.7. The molecule has 17 atom stereocenters. The van der Waals surface area contributed by atoms with Crippen molar-refractivity contribution in [3.05, 3.63) is 0 Å². The van der Waals surface area contributed by atoms with Crippen LogP contribution >= 0.6 is 0 Å². The third kappa shape index (κ3) is 10.8. The monoisotopic (exact) mass is 733 g/mol. The van der Waals surface area contributed by atoms with E-state index in [1.807, 2.05) is 32.7 Å². The Balaban J connectivity index is 2.12. The maximum atomic E-state index is 14.1. The number of esters is 1. The summed E-state index contributed by atoms with van der Waals surface area (Å²) >= 11 is 0. The van der Waals surface area contributed by atoms with Gasteiger partial charge in [-0.05, 0) is 92.5 Å². The number of cyclic esters (lactones) is 1. The standard InChI is InChI=1S/C38H71NO12/c1-13-28-36(8,44)18-21(2)16-22(3)19-37(9,45)33(51-35-30(41)27(17-23(4)47-35)39(11)14-15-40)24(5)31(25(6)34(43)49-28)50-29-20-38(10,46-12)32(42)26(7)48-29/h21-33,35,40-42,44-45H,13-20H2,1-12H3/t21-,22-,23+,24-,25+,26-,27-,28+,29-,30+,31-,32-,33+,35-,36-,37+,38+/m0/s1. The van der Waals surface area contributed by atoms with Gasteiger partial charge in [0.15, 0.2) is 12.6 Å². The quantitative estimate of drug-likeness (QED) is 0.219. The molecule has 0 aliphatic carbocycles. The molecule has 3 heterocycles. The van der Waals surface area contributed by atoms with Gasteiger partial charge in [-0.3, -0.25) is 9.69 Å². The zero-order chi connectivity index (χ0) is 38.6. The van der Waals surface area contributed by atoms with Crippen LogP contribution in [0.15, 0.2) is 0 Å². The molecule has 0 unspecified atom stereocenters. The van der Waals surface area contributed by atoms with Crippen molar-refractivity contribution < 1.29 is 58.7 Å². The Kier molecular flexibility index (Phi) is 15.8. The summed E-state index contributed by atoms with van der Waals surface area (Å²) in [6.45, 7) is 18.6. The van der Waals surface area contributed by atoms with Crippen LogP contribution in [0.5, 0.6) is 0 Å². The molecule has 3 aliphatic rings. The van der Waals surface area contributed by atoms with E-state index in [-0.39, 0.29) is 37.0 Å². The summed E-state index contributed by atoms with van der Waals surface area (Å²) in [5.41, 5.74) is -3.79. The number of aliphatic hydroxyl groups is 5. The third-order valence-corrected chi connectivity index (χ3v) is 11.8. The van der Waals surface area contributed by atoms with Crippen LogP contribution in [-0.2, 0) is 33.2 Å². The maximum absolute atomic E-state index is 14.1. The van der Waals surface area contributed by atoms with Crippen molar-refractivity contribution in [3.63, 3.8) is 0 Å². The van der Waals surface area contributed by atoms with E-state index < -0.39 is 83.8 Å². The number of likely N-dealkylation sites (N-methyl/N-ethyl adjacent to an activating group) is 1. The smallest absolute Gasteiger partial charge is 0.311 e. The number of carbonyl (C=O) groups is 1. The second kappa shape index (κ2) is 18.1. The van der Waals surface area contributed by atoms with Gasteiger partial charge in [0.25, 0.3) is 0 Å². The van der Waals surface area contributed by atoms with Gasteiger partial charge in [-0.2, -0.15) is 0 Å². The van der Waals surface area contributed by atoms with Gasteiger partial charge in [0.2, 0.25) is 0 Å². The fourth-order valence-corrected chi connectivity index (χ4v) is 9.07. The topological polar surface area (TPSA) is 177 Å². The van der Waals surface area contributed by atoms with Crippen LogP contribution in [0.4, 0.5) is 0 Å². The van der Waals surface area contributed by atoms with Gasteiger partial charge in [-0.15, -0.1) is 0 Å². The first-order valence-corrected chi connectivity index (χ1v) is 19.1. The molecule has 0 aromatic rings. The molecule has 0 aromatic carbocycles. The molecule has 51 heavy (non-hydrogen) atoms. The Labute approximate surface area is 306 Å². The van der Waals surface area contributed by atoms with E-state index in [2.05, 4.69) is 13.8 Å². The number of carbonyl (C=O) groups excluding carboxylic acids is 1.